The summed E-state index contributed by atoms with van der Waals surface area (Å²) in [5, 5.41) is 3.20. The lowest BCUT2D eigenvalue weighted by atomic mass is 9.92. The van der Waals surface area contributed by atoms with Crippen molar-refractivity contribution in [3.63, 3.8) is 0 Å². The number of likely N-dealkylation sites (N-methyl/N-ethyl adjacent to an activating group) is 1. The fourth-order valence-electron chi connectivity index (χ4n) is 2.51. The van der Waals surface area contributed by atoms with Gasteiger partial charge in [-0.05, 0) is 30.2 Å². The molecule has 1 aliphatic heterocycles. The first-order valence-corrected chi connectivity index (χ1v) is 7.05. The van der Waals surface area contributed by atoms with Crippen molar-refractivity contribution in [3.8, 4) is 10.4 Å². The highest BCUT2D eigenvalue weighted by atomic mass is 32.1. The Morgan fingerprint density at radius 1 is 1.50 bits per heavy atom. The largest absolute Gasteiger partial charge is 0.372 e. The van der Waals surface area contributed by atoms with Crippen LogP contribution in [-0.2, 0) is 11.2 Å². The molecule has 0 aliphatic carbocycles. The van der Waals surface area contributed by atoms with Crippen molar-refractivity contribution in [2.45, 2.75) is 12.5 Å². The van der Waals surface area contributed by atoms with Crippen molar-refractivity contribution in [1.82, 2.24) is 10.3 Å². The van der Waals surface area contributed by atoms with Gasteiger partial charge in [-0.15, -0.1) is 11.3 Å². The third-order valence-corrected chi connectivity index (χ3v) is 4.12. The summed E-state index contributed by atoms with van der Waals surface area (Å²) in [4.78, 5) is 5.42. The number of nitrogens with zero attached hydrogens (tertiary/aromatic N) is 1. The highest BCUT2D eigenvalue weighted by Crippen LogP contribution is 2.35. The molecular formula is C14H16N2OS. The summed E-state index contributed by atoms with van der Waals surface area (Å²) in [5.41, 5.74) is 5.95. The van der Waals surface area contributed by atoms with E-state index in [4.69, 9.17) is 4.74 Å². The fraction of sp³-hybridized carbons (Fsp3) is 0.357. The van der Waals surface area contributed by atoms with Crippen molar-refractivity contribution in [2.24, 2.45) is 0 Å². The topological polar surface area (TPSA) is 34.1 Å². The second-order valence-corrected chi connectivity index (χ2v) is 5.29. The number of fused-ring (bicyclic) bond motifs is 1. The molecule has 0 bridgehead atoms. The average Bonchev–Trinajstić information content (AvgIpc) is 2.93. The predicted octanol–water partition coefficient (Wildman–Crippen LogP) is 2.64. The summed E-state index contributed by atoms with van der Waals surface area (Å²) in [6, 6.07) is 6.49. The molecule has 2 heterocycles. The molecule has 1 aromatic heterocycles. The zero-order chi connectivity index (χ0) is 12.4. The quantitative estimate of drug-likeness (QED) is 0.921. The molecule has 0 saturated carbocycles. The molecule has 1 aromatic carbocycles. The van der Waals surface area contributed by atoms with E-state index >= 15 is 0 Å². The molecule has 0 spiro atoms. The van der Waals surface area contributed by atoms with Crippen LogP contribution in [0.1, 0.15) is 17.2 Å². The lowest BCUT2D eigenvalue weighted by Crippen LogP contribution is -2.25. The molecule has 1 unspecified atom stereocenters. The molecule has 18 heavy (non-hydrogen) atoms. The van der Waals surface area contributed by atoms with Gasteiger partial charge < -0.3 is 10.1 Å². The van der Waals surface area contributed by atoms with Crippen LogP contribution in [0.3, 0.4) is 0 Å². The summed E-state index contributed by atoms with van der Waals surface area (Å²) in [6.45, 7) is 1.66. The van der Waals surface area contributed by atoms with E-state index < -0.39 is 0 Å². The smallest absolute Gasteiger partial charge is 0.0952 e. The van der Waals surface area contributed by atoms with E-state index in [0.29, 0.717) is 0 Å². The Balaban J connectivity index is 2.06. The maximum absolute atomic E-state index is 5.84. The number of benzene rings is 1. The van der Waals surface area contributed by atoms with Crippen molar-refractivity contribution >= 4 is 11.3 Å². The summed E-state index contributed by atoms with van der Waals surface area (Å²) >= 11 is 1.70. The maximum Gasteiger partial charge on any atom is 0.0952 e. The summed E-state index contributed by atoms with van der Waals surface area (Å²) in [6.07, 6.45) is 3.11. The highest BCUT2D eigenvalue weighted by Gasteiger charge is 2.22. The molecule has 1 atom stereocenters. The van der Waals surface area contributed by atoms with E-state index in [2.05, 4.69) is 28.5 Å². The van der Waals surface area contributed by atoms with Crippen LogP contribution < -0.4 is 5.32 Å². The Labute approximate surface area is 111 Å². The standard InChI is InChI=1S/C14H16N2OS/c1-15-7-13-11-3-2-4-12(10(11)5-6-17-13)14-8-16-9-18-14/h2-4,8-9,13,15H,5-7H2,1H3. The minimum atomic E-state index is 0.173. The number of nitrogens with one attached hydrogen (secondary N) is 1. The van der Waals surface area contributed by atoms with E-state index in [1.807, 2.05) is 18.8 Å². The zero-order valence-corrected chi connectivity index (χ0v) is 11.2. The second-order valence-electron chi connectivity index (χ2n) is 4.41. The van der Waals surface area contributed by atoms with Crippen LogP contribution in [-0.4, -0.2) is 25.2 Å². The van der Waals surface area contributed by atoms with Gasteiger partial charge in [0, 0.05) is 12.7 Å². The minimum absolute atomic E-state index is 0.173. The van der Waals surface area contributed by atoms with Gasteiger partial charge in [-0.2, -0.15) is 0 Å². The van der Waals surface area contributed by atoms with Gasteiger partial charge in [0.15, 0.2) is 0 Å². The van der Waals surface area contributed by atoms with Crippen LogP contribution in [0.15, 0.2) is 29.9 Å². The molecule has 0 radical (unpaired) electrons. The van der Waals surface area contributed by atoms with Gasteiger partial charge in [0.2, 0.25) is 0 Å². The lowest BCUT2D eigenvalue weighted by Gasteiger charge is -2.27. The normalized spacial score (nSPS) is 18.6. The number of hydrogen-bond acceptors (Lipinski definition) is 4. The third-order valence-electron chi connectivity index (χ3n) is 3.32. The van der Waals surface area contributed by atoms with Gasteiger partial charge in [0.1, 0.15) is 0 Å². The molecule has 2 aromatic rings. The number of thiazole rings is 1. The second kappa shape index (κ2) is 5.18. The molecule has 94 valence electrons. The SMILES string of the molecule is CNCC1OCCc2c(-c3cncs3)cccc21. The average molecular weight is 260 g/mol. The van der Waals surface area contributed by atoms with Crippen LogP contribution >= 0.6 is 11.3 Å². The minimum Gasteiger partial charge on any atom is -0.372 e. The first kappa shape index (κ1) is 11.8. The maximum atomic E-state index is 5.84. The number of ether oxygens (including phenoxy) is 1. The Hall–Kier alpha value is -1.23. The predicted molar refractivity (Wildman–Crippen MR) is 73.9 cm³/mol. The van der Waals surface area contributed by atoms with Gasteiger partial charge in [-0.1, -0.05) is 18.2 Å². The van der Waals surface area contributed by atoms with Crippen LogP contribution in [0, 0.1) is 0 Å². The fourth-order valence-corrected chi connectivity index (χ4v) is 3.19. The molecule has 4 heteroatoms. The van der Waals surface area contributed by atoms with Crippen LogP contribution in [0.25, 0.3) is 10.4 Å². The number of aromatic nitrogens is 1. The summed E-state index contributed by atoms with van der Waals surface area (Å²) < 4.78 is 5.84. The van der Waals surface area contributed by atoms with Crippen molar-refractivity contribution in [2.75, 3.05) is 20.2 Å². The zero-order valence-electron chi connectivity index (χ0n) is 10.3. The molecule has 3 nitrogen and oxygen atoms in total. The van der Waals surface area contributed by atoms with Crippen LogP contribution in [0.2, 0.25) is 0 Å². The van der Waals surface area contributed by atoms with E-state index in [-0.39, 0.29) is 6.10 Å². The van der Waals surface area contributed by atoms with Crippen LogP contribution in [0.5, 0.6) is 0 Å². The summed E-state index contributed by atoms with van der Waals surface area (Å²) in [5.74, 6) is 0. The van der Waals surface area contributed by atoms with Gasteiger partial charge >= 0.3 is 0 Å². The monoisotopic (exact) mass is 260 g/mol. The first-order chi connectivity index (χ1) is 8.90. The van der Waals surface area contributed by atoms with Gasteiger partial charge in [0.05, 0.1) is 23.1 Å². The Kier molecular flexibility index (Phi) is 3.41. The molecule has 1 N–H and O–H groups in total. The number of hydrogen-bond donors (Lipinski definition) is 1. The van der Waals surface area contributed by atoms with E-state index in [0.717, 1.165) is 19.6 Å². The van der Waals surface area contributed by atoms with Crippen molar-refractivity contribution in [3.05, 3.63) is 41.0 Å². The summed E-state index contributed by atoms with van der Waals surface area (Å²) in [7, 11) is 1.96. The Bertz CT molecular complexity index is 525. The first-order valence-electron chi connectivity index (χ1n) is 6.17. The highest BCUT2D eigenvalue weighted by molar-refractivity contribution is 7.13. The Morgan fingerprint density at radius 2 is 2.44 bits per heavy atom. The Morgan fingerprint density at radius 3 is 3.22 bits per heavy atom. The molecule has 0 saturated heterocycles. The van der Waals surface area contributed by atoms with E-state index in [1.54, 1.807) is 11.3 Å². The van der Waals surface area contributed by atoms with Gasteiger partial charge in [-0.25, -0.2) is 0 Å². The van der Waals surface area contributed by atoms with E-state index in [1.165, 1.54) is 21.6 Å². The van der Waals surface area contributed by atoms with Gasteiger partial charge in [0.25, 0.3) is 0 Å². The number of rotatable bonds is 3. The molecule has 3 rings (SSSR count). The lowest BCUT2D eigenvalue weighted by molar-refractivity contribution is 0.0440. The van der Waals surface area contributed by atoms with E-state index in [9.17, 15) is 0 Å². The molecule has 0 amide bonds. The van der Waals surface area contributed by atoms with Gasteiger partial charge in [-0.3, -0.25) is 4.98 Å². The molecular weight excluding hydrogens is 244 g/mol. The molecule has 1 aliphatic rings. The third kappa shape index (κ3) is 2.07. The van der Waals surface area contributed by atoms with Crippen molar-refractivity contribution < 1.29 is 4.74 Å². The molecule has 0 fully saturated rings. The van der Waals surface area contributed by atoms with Crippen LogP contribution in [0.4, 0.5) is 0 Å². The van der Waals surface area contributed by atoms with Crippen molar-refractivity contribution in [1.29, 1.82) is 0 Å².